The van der Waals surface area contributed by atoms with Gasteiger partial charge in [0.2, 0.25) is 0 Å². The normalized spacial score (nSPS) is 12.1. The van der Waals surface area contributed by atoms with Crippen molar-refractivity contribution in [2.45, 2.75) is 12.3 Å². The number of benzene rings is 2. The van der Waals surface area contributed by atoms with Crippen LogP contribution in [0.5, 0.6) is 5.75 Å². The molecule has 0 bridgehead atoms. The van der Waals surface area contributed by atoms with Crippen LogP contribution in [-0.2, 0) is 0 Å². The molecule has 0 aliphatic rings. The first-order valence-electron chi connectivity index (χ1n) is 9.95. The Morgan fingerprint density at radius 1 is 1.10 bits per heavy atom. The fourth-order valence-corrected chi connectivity index (χ4v) is 3.67. The van der Waals surface area contributed by atoms with E-state index in [0.717, 1.165) is 30.8 Å². The first-order chi connectivity index (χ1) is 14.1. The van der Waals surface area contributed by atoms with Gasteiger partial charge in [0.1, 0.15) is 5.75 Å². The molecule has 2 aromatic carbocycles. The summed E-state index contributed by atoms with van der Waals surface area (Å²) in [4.78, 5) is 5.57. The Kier molecular flexibility index (Phi) is 7.49. The Bertz CT molecular complexity index is 920. The van der Waals surface area contributed by atoms with E-state index in [9.17, 15) is 0 Å². The average molecular weight is 411 g/mol. The van der Waals surface area contributed by atoms with Gasteiger partial charge in [-0.2, -0.15) is 0 Å². The van der Waals surface area contributed by atoms with E-state index in [4.69, 9.17) is 17.0 Å². The monoisotopic (exact) mass is 410 g/mol. The molecule has 6 heteroatoms. The van der Waals surface area contributed by atoms with Gasteiger partial charge in [-0.15, -0.1) is 0 Å². The Labute approximate surface area is 178 Å². The van der Waals surface area contributed by atoms with E-state index in [0.29, 0.717) is 11.7 Å². The van der Waals surface area contributed by atoms with E-state index in [2.05, 4.69) is 77.2 Å². The van der Waals surface area contributed by atoms with Gasteiger partial charge in [0, 0.05) is 36.1 Å². The minimum absolute atomic E-state index is 0.165. The number of thiocarbonyl (C=S) groups is 1. The quantitative estimate of drug-likeness (QED) is 0.371. The number of para-hydroxylation sites is 1. The van der Waals surface area contributed by atoms with E-state index < -0.39 is 0 Å². The highest BCUT2D eigenvalue weighted by atomic mass is 32.1. The van der Waals surface area contributed by atoms with E-state index in [-0.39, 0.29) is 5.92 Å². The number of hydrogen-bond acceptors (Lipinski definition) is 3. The summed E-state index contributed by atoms with van der Waals surface area (Å²) in [6.45, 7) is 2.62. The summed E-state index contributed by atoms with van der Waals surface area (Å²) >= 11 is 5.50. The average Bonchev–Trinajstić information content (AvgIpc) is 3.16. The first kappa shape index (κ1) is 21.1. The molecule has 29 heavy (non-hydrogen) atoms. The zero-order valence-electron chi connectivity index (χ0n) is 17.4. The third-order valence-electron chi connectivity index (χ3n) is 5.05. The van der Waals surface area contributed by atoms with Crippen LogP contribution < -0.4 is 15.4 Å². The van der Waals surface area contributed by atoms with Crippen molar-refractivity contribution in [3.63, 3.8) is 0 Å². The molecule has 1 heterocycles. The van der Waals surface area contributed by atoms with Crippen molar-refractivity contribution in [1.82, 2.24) is 20.5 Å². The summed E-state index contributed by atoms with van der Waals surface area (Å²) in [7, 11) is 5.85. The highest BCUT2D eigenvalue weighted by Crippen LogP contribution is 2.31. The topological polar surface area (TPSA) is 52.3 Å². The van der Waals surface area contributed by atoms with Gasteiger partial charge in [-0.25, -0.2) is 0 Å². The third-order valence-corrected chi connectivity index (χ3v) is 5.34. The molecule has 0 aliphatic carbocycles. The van der Waals surface area contributed by atoms with Gasteiger partial charge in [-0.05, 0) is 68.6 Å². The third kappa shape index (κ3) is 5.71. The van der Waals surface area contributed by atoms with E-state index >= 15 is 0 Å². The Morgan fingerprint density at radius 3 is 2.59 bits per heavy atom. The molecule has 0 saturated heterocycles. The van der Waals surface area contributed by atoms with Crippen molar-refractivity contribution in [3.8, 4) is 5.75 Å². The maximum Gasteiger partial charge on any atom is 0.166 e. The van der Waals surface area contributed by atoms with Crippen molar-refractivity contribution >= 4 is 28.2 Å². The van der Waals surface area contributed by atoms with Gasteiger partial charge in [0.15, 0.2) is 5.11 Å². The lowest BCUT2D eigenvalue weighted by atomic mass is 9.91. The van der Waals surface area contributed by atoms with Crippen LogP contribution in [0, 0.1) is 0 Å². The molecule has 1 aromatic heterocycles. The smallest absolute Gasteiger partial charge is 0.166 e. The molecule has 3 rings (SSSR count). The summed E-state index contributed by atoms with van der Waals surface area (Å²) in [6, 6.07) is 16.7. The number of nitrogens with zero attached hydrogens (tertiary/aromatic N) is 1. The first-order valence-corrected chi connectivity index (χ1v) is 10.4. The summed E-state index contributed by atoms with van der Waals surface area (Å²) in [5, 5.41) is 8.66. The Hall–Kier alpha value is -2.57. The molecule has 0 radical (unpaired) electrons. The molecule has 3 aromatic rings. The van der Waals surface area contributed by atoms with Crippen molar-refractivity contribution in [3.05, 3.63) is 65.9 Å². The fourth-order valence-electron chi connectivity index (χ4n) is 3.48. The van der Waals surface area contributed by atoms with Crippen LogP contribution in [0.3, 0.4) is 0 Å². The number of hydrogen-bond donors (Lipinski definition) is 3. The molecule has 0 amide bonds. The predicted molar refractivity (Wildman–Crippen MR) is 125 cm³/mol. The molecule has 3 N–H and O–H groups in total. The number of aromatic amines is 1. The van der Waals surface area contributed by atoms with Crippen LogP contribution in [0.15, 0.2) is 54.7 Å². The van der Waals surface area contributed by atoms with Gasteiger partial charge in [-0.3, -0.25) is 0 Å². The van der Waals surface area contributed by atoms with Gasteiger partial charge >= 0.3 is 0 Å². The number of nitrogens with one attached hydrogen (secondary N) is 3. The minimum atomic E-state index is 0.165. The number of H-pyrrole nitrogens is 1. The summed E-state index contributed by atoms with van der Waals surface area (Å²) in [5.41, 5.74) is 3.62. The molecular weight excluding hydrogens is 380 g/mol. The van der Waals surface area contributed by atoms with Crippen LogP contribution in [-0.4, -0.2) is 55.8 Å². The Balaban J connectivity index is 1.74. The second-order valence-corrected chi connectivity index (χ2v) is 7.82. The van der Waals surface area contributed by atoms with Gasteiger partial charge < -0.3 is 25.3 Å². The minimum Gasteiger partial charge on any atom is -0.497 e. The molecule has 0 spiro atoms. The fraction of sp³-hybridized carbons (Fsp3) is 0.348. The van der Waals surface area contributed by atoms with Crippen LogP contribution >= 0.6 is 12.2 Å². The largest absolute Gasteiger partial charge is 0.497 e. The summed E-state index contributed by atoms with van der Waals surface area (Å²) in [5.74, 6) is 1.02. The molecule has 0 unspecified atom stereocenters. The van der Waals surface area contributed by atoms with Gasteiger partial charge in [0.25, 0.3) is 0 Å². The molecular formula is C23H30N4OS. The number of methoxy groups -OCH3 is 1. The zero-order valence-corrected chi connectivity index (χ0v) is 18.2. The molecule has 1 atom stereocenters. The van der Waals surface area contributed by atoms with E-state index in [1.165, 1.54) is 16.5 Å². The van der Waals surface area contributed by atoms with Crippen molar-refractivity contribution in [2.24, 2.45) is 0 Å². The lowest BCUT2D eigenvalue weighted by Crippen LogP contribution is -2.38. The SMILES string of the molecule is COc1ccc([C@@H](CNC(=S)NCCCN(C)C)c2c[nH]c3ccccc23)cc1. The molecule has 0 fully saturated rings. The number of fused-ring (bicyclic) bond motifs is 1. The van der Waals surface area contributed by atoms with Crippen molar-refractivity contribution < 1.29 is 4.74 Å². The molecule has 0 saturated carbocycles. The lowest BCUT2D eigenvalue weighted by Gasteiger charge is -2.20. The number of ether oxygens (including phenoxy) is 1. The predicted octanol–water partition coefficient (Wildman–Crippen LogP) is 3.72. The van der Waals surface area contributed by atoms with Crippen LogP contribution in [0.1, 0.15) is 23.5 Å². The van der Waals surface area contributed by atoms with Gasteiger partial charge in [0.05, 0.1) is 7.11 Å². The van der Waals surface area contributed by atoms with E-state index in [1.807, 2.05) is 12.1 Å². The standard InChI is InChI=1S/C23H30N4OS/c1-27(2)14-6-13-24-23(29)26-15-20(17-9-11-18(28-3)12-10-17)21-16-25-22-8-5-4-7-19(21)22/h4-5,7-12,16,20,25H,6,13-15H2,1-3H3,(H2,24,26,29)/t20-/m1/s1. The summed E-state index contributed by atoms with van der Waals surface area (Å²) in [6.07, 6.45) is 3.16. The highest BCUT2D eigenvalue weighted by Gasteiger charge is 2.18. The van der Waals surface area contributed by atoms with Crippen LogP contribution in [0.4, 0.5) is 0 Å². The highest BCUT2D eigenvalue weighted by molar-refractivity contribution is 7.80. The molecule has 154 valence electrons. The number of aromatic nitrogens is 1. The maximum atomic E-state index is 5.50. The maximum absolute atomic E-state index is 5.50. The second-order valence-electron chi connectivity index (χ2n) is 7.41. The molecule has 5 nitrogen and oxygen atoms in total. The lowest BCUT2D eigenvalue weighted by molar-refractivity contribution is 0.400. The van der Waals surface area contributed by atoms with Gasteiger partial charge in [-0.1, -0.05) is 30.3 Å². The zero-order chi connectivity index (χ0) is 20.6. The Morgan fingerprint density at radius 2 is 1.86 bits per heavy atom. The second kappa shape index (κ2) is 10.3. The van der Waals surface area contributed by atoms with Crippen molar-refractivity contribution in [1.29, 1.82) is 0 Å². The number of rotatable bonds is 9. The summed E-state index contributed by atoms with van der Waals surface area (Å²) < 4.78 is 5.32. The van der Waals surface area contributed by atoms with Crippen LogP contribution in [0.2, 0.25) is 0 Å². The van der Waals surface area contributed by atoms with Crippen molar-refractivity contribution in [2.75, 3.05) is 40.8 Å². The molecule has 0 aliphatic heterocycles. The van der Waals surface area contributed by atoms with Crippen LogP contribution in [0.25, 0.3) is 10.9 Å². The van der Waals surface area contributed by atoms with E-state index in [1.54, 1.807) is 7.11 Å².